The van der Waals surface area contributed by atoms with E-state index in [4.69, 9.17) is 9.72 Å². The van der Waals surface area contributed by atoms with Crippen LogP contribution in [0.4, 0.5) is 0 Å². The number of hydrogen-bond acceptors (Lipinski definition) is 6. The van der Waals surface area contributed by atoms with E-state index in [-0.39, 0.29) is 11.6 Å². The van der Waals surface area contributed by atoms with Crippen LogP contribution < -0.4 is 10.3 Å². The van der Waals surface area contributed by atoms with Gasteiger partial charge in [0.25, 0.3) is 5.56 Å². The third-order valence-electron chi connectivity index (χ3n) is 5.74. The van der Waals surface area contributed by atoms with Crippen LogP contribution in [-0.2, 0) is 13.0 Å². The first-order valence-electron chi connectivity index (χ1n) is 11.1. The summed E-state index contributed by atoms with van der Waals surface area (Å²) < 4.78 is 5.23. The van der Waals surface area contributed by atoms with Crippen molar-refractivity contribution < 1.29 is 9.84 Å². The van der Waals surface area contributed by atoms with Crippen LogP contribution in [0.25, 0.3) is 21.3 Å². The predicted octanol–water partition coefficient (Wildman–Crippen LogP) is 4.47. The Labute approximate surface area is 197 Å². The molecule has 6 nitrogen and oxygen atoms in total. The van der Waals surface area contributed by atoms with Gasteiger partial charge in [0.2, 0.25) is 0 Å². The summed E-state index contributed by atoms with van der Waals surface area (Å²) in [4.78, 5) is 23.6. The van der Waals surface area contributed by atoms with Gasteiger partial charge in [0.15, 0.2) is 0 Å². The van der Waals surface area contributed by atoms with Crippen LogP contribution >= 0.6 is 11.3 Å². The lowest BCUT2D eigenvalue weighted by Crippen LogP contribution is -2.38. The Bertz CT molecular complexity index is 1250. The SMILES string of the molecule is COc1ccc(-c2csc3nc(CN(C[C@@H](O)Cc4ccccc4)C(C)C)[nH]c(=O)c23)cc1. The number of methoxy groups -OCH3 is 1. The summed E-state index contributed by atoms with van der Waals surface area (Å²) in [5, 5.41) is 13.2. The zero-order valence-corrected chi connectivity index (χ0v) is 19.9. The molecule has 4 aromatic rings. The van der Waals surface area contributed by atoms with Crippen LogP contribution in [0, 0.1) is 0 Å². The largest absolute Gasteiger partial charge is 0.497 e. The summed E-state index contributed by atoms with van der Waals surface area (Å²) in [7, 11) is 1.63. The molecule has 0 amide bonds. The van der Waals surface area contributed by atoms with Gasteiger partial charge in [-0.05, 0) is 43.5 Å². The Morgan fingerprint density at radius 3 is 2.52 bits per heavy atom. The maximum Gasteiger partial charge on any atom is 0.260 e. The quantitative estimate of drug-likeness (QED) is 0.383. The van der Waals surface area contributed by atoms with Gasteiger partial charge in [-0.3, -0.25) is 9.69 Å². The lowest BCUT2D eigenvalue weighted by Gasteiger charge is -2.28. The van der Waals surface area contributed by atoms with Gasteiger partial charge in [-0.25, -0.2) is 4.98 Å². The Morgan fingerprint density at radius 2 is 1.85 bits per heavy atom. The van der Waals surface area contributed by atoms with Gasteiger partial charge in [0.1, 0.15) is 16.4 Å². The third-order valence-corrected chi connectivity index (χ3v) is 6.61. The number of aliphatic hydroxyl groups is 1. The highest BCUT2D eigenvalue weighted by Gasteiger charge is 2.19. The summed E-state index contributed by atoms with van der Waals surface area (Å²) >= 11 is 1.47. The molecule has 0 aliphatic heterocycles. The van der Waals surface area contributed by atoms with Crippen LogP contribution in [0.15, 0.2) is 64.8 Å². The van der Waals surface area contributed by atoms with Crippen molar-refractivity contribution in [2.24, 2.45) is 0 Å². The van der Waals surface area contributed by atoms with E-state index in [9.17, 15) is 9.90 Å². The number of nitrogens with one attached hydrogen (secondary N) is 1. The number of aromatic amines is 1. The van der Waals surface area contributed by atoms with Crippen LogP contribution in [-0.4, -0.2) is 45.8 Å². The van der Waals surface area contributed by atoms with Gasteiger partial charge in [-0.2, -0.15) is 0 Å². The molecule has 0 aliphatic rings. The Kier molecular flexibility index (Phi) is 7.23. The highest BCUT2D eigenvalue weighted by Crippen LogP contribution is 2.31. The number of thiophene rings is 1. The van der Waals surface area contributed by atoms with Crippen molar-refractivity contribution in [3.63, 3.8) is 0 Å². The van der Waals surface area contributed by atoms with Gasteiger partial charge in [-0.15, -0.1) is 11.3 Å². The summed E-state index contributed by atoms with van der Waals surface area (Å²) in [5.74, 6) is 1.38. The second kappa shape index (κ2) is 10.3. The Balaban J connectivity index is 1.54. The van der Waals surface area contributed by atoms with E-state index < -0.39 is 6.10 Å². The normalized spacial score (nSPS) is 12.5. The average molecular weight is 464 g/mol. The van der Waals surface area contributed by atoms with Gasteiger partial charge < -0.3 is 14.8 Å². The minimum Gasteiger partial charge on any atom is -0.497 e. The summed E-state index contributed by atoms with van der Waals surface area (Å²) in [5.41, 5.74) is 2.79. The number of fused-ring (bicyclic) bond motifs is 1. The fraction of sp³-hybridized carbons (Fsp3) is 0.308. The monoisotopic (exact) mass is 463 g/mol. The van der Waals surface area contributed by atoms with E-state index in [1.54, 1.807) is 7.11 Å². The fourth-order valence-electron chi connectivity index (χ4n) is 3.92. The van der Waals surface area contributed by atoms with Gasteiger partial charge in [0, 0.05) is 23.5 Å². The molecular formula is C26H29N3O3S. The van der Waals surface area contributed by atoms with E-state index in [1.165, 1.54) is 11.3 Å². The van der Waals surface area contributed by atoms with E-state index in [0.717, 1.165) is 22.4 Å². The molecule has 4 rings (SSSR count). The topological polar surface area (TPSA) is 78.5 Å². The van der Waals surface area contributed by atoms with Gasteiger partial charge in [-0.1, -0.05) is 42.5 Å². The number of rotatable bonds is 9. The van der Waals surface area contributed by atoms with Crippen molar-refractivity contribution in [2.75, 3.05) is 13.7 Å². The number of hydrogen-bond donors (Lipinski definition) is 2. The number of aliphatic hydroxyl groups excluding tert-OH is 1. The third kappa shape index (κ3) is 5.50. The maximum absolute atomic E-state index is 13.0. The lowest BCUT2D eigenvalue weighted by atomic mass is 10.1. The number of nitrogens with zero attached hydrogens (tertiary/aromatic N) is 2. The molecule has 0 aliphatic carbocycles. The summed E-state index contributed by atoms with van der Waals surface area (Å²) in [6.07, 6.45) is 0.0806. The van der Waals surface area contributed by atoms with E-state index in [2.05, 4.69) is 23.7 Å². The molecule has 0 fully saturated rings. The van der Waals surface area contributed by atoms with Crippen LogP contribution in [0.5, 0.6) is 5.75 Å². The molecule has 0 spiro atoms. The Morgan fingerprint density at radius 1 is 1.12 bits per heavy atom. The number of H-pyrrole nitrogens is 1. The number of aromatic nitrogens is 2. The molecule has 172 valence electrons. The van der Waals surface area contributed by atoms with Crippen molar-refractivity contribution in [3.05, 3.63) is 81.7 Å². The maximum atomic E-state index is 13.0. The van der Waals surface area contributed by atoms with Crippen molar-refractivity contribution in [1.82, 2.24) is 14.9 Å². The molecule has 2 aromatic heterocycles. The molecule has 2 aromatic carbocycles. The van der Waals surface area contributed by atoms with Crippen LogP contribution in [0.1, 0.15) is 25.2 Å². The van der Waals surface area contributed by atoms with Crippen LogP contribution in [0.2, 0.25) is 0 Å². The second-order valence-corrected chi connectivity index (χ2v) is 9.30. The lowest BCUT2D eigenvalue weighted by molar-refractivity contribution is 0.0892. The first-order valence-corrected chi connectivity index (χ1v) is 11.9. The molecular weight excluding hydrogens is 434 g/mol. The highest BCUT2D eigenvalue weighted by atomic mass is 32.1. The molecule has 33 heavy (non-hydrogen) atoms. The predicted molar refractivity (Wildman–Crippen MR) is 134 cm³/mol. The Hall–Kier alpha value is -3.00. The minimum absolute atomic E-state index is 0.143. The fourth-order valence-corrected chi connectivity index (χ4v) is 4.89. The van der Waals surface area contributed by atoms with E-state index in [0.29, 0.717) is 35.6 Å². The standard InChI is InChI=1S/C26H29N3O3S/c1-17(2)29(14-20(30)13-18-7-5-4-6-8-18)15-23-27-25(31)24-22(16-33-26(24)28-23)19-9-11-21(32-3)12-10-19/h4-12,16-17,20,30H,13-15H2,1-3H3,(H,27,28,31)/t20-/m0/s1. The molecule has 1 atom stereocenters. The van der Waals surface area contributed by atoms with E-state index >= 15 is 0 Å². The highest BCUT2D eigenvalue weighted by molar-refractivity contribution is 7.17. The zero-order chi connectivity index (χ0) is 23.4. The van der Waals surface area contributed by atoms with Crippen molar-refractivity contribution in [3.8, 4) is 16.9 Å². The van der Waals surface area contributed by atoms with E-state index in [1.807, 2.05) is 60.0 Å². The zero-order valence-electron chi connectivity index (χ0n) is 19.1. The van der Waals surface area contributed by atoms with Gasteiger partial charge in [0.05, 0.1) is 25.1 Å². The second-order valence-electron chi connectivity index (χ2n) is 8.44. The molecule has 0 unspecified atom stereocenters. The molecule has 0 bridgehead atoms. The first-order chi connectivity index (χ1) is 15.9. The van der Waals surface area contributed by atoms with Gasteiger partial charge >= 0.3 is 0 Å². The summed E-state index contributed by atoms with van der Waals surface area (Å²) in [6, 6.07) is 17.8. The summed E-state index contributed by atoms with van der Waals surface area (Å²) in [6.45, 7) is 5.12. The average Bonchev–Trinajstić information content (AvgIpc) is 3.24. The molecule has 0 saturated heterocycles. The molecule has 0 radical (unpaired) electrons. The number of benzene rings is 2. The molecule has 0 saturated carbocycles. The first kappa shape index (κ1) is 23.2. The van der Waals surface area contributed by atoms with Crippen molar-refractivity contribution in [2.45, 2.75) is 39.0 Å². The molecule has 2 heterocycles. The van der Waals surface area contributed by atoms with Crippen LogP contribution in [0.3, 0.4) is 0 Å². The van der Waals surface area contributed by atoms with Crippen molar-refractivity contribution >= 4 is 21.6 Å². The smallest absolute Gasteiger partial charge is 0.260 e. The molecule has 7 heteroatoms. The molecule has 2 N–H and O–H groups in total. The minimum atomic E-state index is -0.506. The van der Waals surface area contributed by atoms with Crippen molar-refractivity contribution in [1.29, 1.82) is 0 Å². The number of ether oxygens (including phenoxy) is 1.